The first-order valence-corrected chi connectivity index (χ1v) is 6.74. The number of methoxy groups -OCH3 is 1. The largest absolute Gasteiger partial charge is 0.383 e. The third-order valence-electron chi connectivity index (χ3n) is 2.95. The highest BCUT2D eigenvalue weighted by Crippen LogP contribution is 2.20. The first kappa shape index (κ1) is 15.9. The second-order valence-corrected chi connectivity index (χ2v) is 5.97. The highest BCUT2D eigenvalue weighted by Gasteiger charge is 2.13. The highest BCUT2D eigenvalue weighted by atomic mass is 16.5. The first-order chi connectivity index (χ1) is 8.83. The molecule has 0 unspecified atom stereocenters. The summed E-state index contributed by atoms with van der Waals surface area (Å²) in [5.41, 5.74) is 3.59. The number of aryl methyl sites for hydroxylation is 1. The quantitative estimate of drug-likeness (QED) is 0.857. The molecular formula is C15H27N3O. The molecule has 0 aromatic carbocycles. The summed E-state index contributed by atoms with van der Waals surface area (Å²) in [5, 5.41) is 3.51. The fraction of sp³-hybridized carbons (Fsp3) is 0.667. The van der Waals surface area contributed by atoms with Gasteiger partial charge in [-0.2, -0.15) is 0 Å². The maximum Gasteiger partial charge on any atom is 0.0637 e. The second kappa shape index (κ2) is 6.87. The molecule has 19 heavy (non-hydrogen) atoms. The molecular weight excluding hydrogens is 238 g/mol. The molecule has 1 aromatic heterocycles. The Labute approximate surface area is 117 Å². The molecule has 0 bridgehead atoms. The Kier molecular flexibility index (Phi) is 5.76. The molecule has 108 valence electrons. The molecule has 0 saturated carbocycles. The molecule has 1 rings (SSSR count). The lowest BCUT2D eigenvalue weighted by molar-refractivity contribution is 0.206. The van der Waals surface area contributed by atoms with Gasteiger partial charge in [0.1, 0.15) is 0 Å². The van der Waals surface area contributed by atoms with E-state index < -0.39 is 0 Å². The molecule has 1 aromatic rings. The van der Waals surface area contributed by atoms with Gasteiger partial charge < -0.3 is 15.0 Å². The Morgan fingerprint density at radius 3 is 2.63 bits per heavy atom. The summed E-state index contributed by atoms with van der Waals surface area (Å²) in [5.74, 6) is 0. The summed E-state index contributed by atoms with van der Waals surface area (Å²) in [4.78, 5) is 6.63. The molecule has 0 spiro atoms. The number of hydrogen-bond acceptors (Lipinski definition) is 4. The van der Waals surface area contributed by atoms with Crippen LogP contribution in [0.5, 0.6) is 0 Å². The Morgan fingerprint density at radius 1 is 1.37 bits per heavy atom. The van der Waals surface area contributed by atoms with Gasteiger partial charge in [0.05, 0.1) is 6.61 Å². The molecule has 4 heteroatoms. The summed E-state index contributed by atoms with van der Waals surface area (Å²) >= 11 is 0. The van der Waals surface area contributed by atoms with E-state index in [2.05, 4.69) is 49.1 Å². The molecule has 0 radical (unpaired) electrons. The van der Waals surface area contributed by atoms with Crippen molar-refractivity contribution in [2.24, 2.45) is 0 Å². The molecule has 0 aliphatic rings. The van der Waals surface area contributed by atoms with E-state index >= 15 is 0 Å². The lowest BCUT2D eigenvalue weighted by atomic mass is 10.1. The van der Waals surface area contributed by atoms with E-state index in [-0.39, 0.29) is 5.54 Å². The van der Waals surface area contributed by atoms with Crippen LogP contribution in [0.1, 0.15) is 32.0 Å². The zero-order chi connectivity index (χ0) is 14.5. The Morgan fingerprint density at radius 2 is 2.05 bits per heavy atom. The average Bonchev–Trinajstić information content (AvgIpc) is 2.33. The van der Waals surface area contributed by atoms with Gasteiger partial charge in [0.25, 0.3) is 0 Å². The number of likely N-dealkylation sites (N-methyl/N-ethyl adjacent to an activating group) is 1. The highest BCUT2D eigenvalue weighted by molar-refractivity contribution is 5.53. The molecule has 0 saturated heterocycles. The van der Waals surface area contributed by atoms with Crippen molar-refractivity contribution < 1.29 is 4.74 Å². The van der Waals surface area contributed by atoms with E-state index in [4.69, 9.17) is 4.74 Å². The van der Waals surface area contributed by atoms with Gasteiger partial charge in [-0.25, -0.2) is 0 Å². The number of aromatic nitrogens is 1. The third-order valence-corrected chi connectivity index (χ3v) is 2.95. The van der Waals surface area contributed by atoms with Crippen LogP contribution >= 0.6 is 0 Å². The fourth-order valence-electron chi connectivity index (χ4n) is 1.77. The summed E-state index contributed by atoms with van der Waals surface area (Å²) in [6, 6.07) is 2.13. The van der Waals surface area contributed by atoms with Gasteiger partial charge in [0, 0.05) is 55.9 Å². The van der Waals surface area contributed by atoms with Crippen molar-refractivity contribution in [1.82, 2.24) is 10.3 Å². The number of pyridine rings is 1. The second-order valence-electron chi connectivity index (χ2n) is 5.97. The molecule has 0 aliphatic carbocycles. The monoisotopic (exact) mass is 265 g/mol. The summed E-state index contributed by atoms with van der Waals surface area (Å²) < 4.78 is 5.15. The van der Waals surface area contributed by atoms with E-state index in [1.165, 1.54) is 11.3 Å². The van der Waals surface area contributed by atoms with Crippen LogP contribution in [0.15, 0.2) is 12.3 Å². The number of anilines is 1. The lowest BCUT2D eigenvalue weighted by Gasteiger charge is -2.25. The normalized spacial score (nSPS) is 11.7. The SMILES string of the molecule is COCCN(C)c1cc(C)ncc1CNC(C)(C)C. The molecule has 0 fully saturated rings. The summed E-state index contributed by atoms with van der Waals surface area (Å²) in [6.45, 7) is 11.0. The van der Waals surface area contributed by atoms with Crippen LogP contribution in [0.4, 0.5) is 5.69 Å². The predicted octanol–water partition coefficient (Wildman–Crippen LogP) is 2.36. The van der Waals surface area contributed by atoms with Gasteiger partial charge in [-0.05, 0) is 33.8 Å². The van der Waals surface area contributed by atoms with Crippen LogP contribution < -0.4 is 10.2 Å². The minimum atomic E-state index is 0.104. The molecule has 1 heterocycles. The van der Waals surface area contributed by atoms with Crippen LogP contribution in [-0.2, 0) is 11.3 Å². The van der Waals surface area contributed by atoms with E-state index in [9.17, 15) is 0 Å². The zero-order valence-corrected chi connectivity index (χ0v) is 13.1. The van der Waals surface area contributed by atoms with Crippen molar-refractivity contribution in [1.29, 1.82) is 0 Å². The number of nitrogens with one attached hydrogen (secondary N) is 1. The molecule has 0 atom stereocenters. The first-order valence-electron chi connectivity index (χ1n) is 6.74. The maximum atomic E-state index is 5.15. The van der Waals surface area contributed by atoms with Crippen LogP contribution in [-0.4, -0.2) is 37.8 Å². The van der Waals surface area contributed by atoms with Crippen LogP contribution in [0, 0.1) is 6.92 Å². The molecule has 0 aliphatic heterocycles. The van der Waals surface area contributed by atoms with Crippen molar-refractivity contribution in [3.8, 4) is 0 Å². The van der Waals surface area contributed by atoms with Crippen molar-refractivity contribution in [2.75, 3.05) is 32.2 Å². The van der Waals surface area contributed by atoms with E-state index in [0.29, 0.717) is 0 Å². The van der Waals surface area contributed by atoms with Gasteiger partial charge in [0.2, 0.25) is 0 Å². The number of nitrogens with zero attached hydrogens (tertiary/aromatic N) is 2. The van der Waals surface area contributed by atoms with E-state index in [0.717, 1.165) is 25.4 Å². The summed E-state index contributed by atoms with van der Waals surface area (Å²) in [6.07, 6.45) is 1.96. The summed E-state index contributed by atoms with van der Waals surface area (Å²) in [7, 11) is 3.82. The maximum absolute atomic E-state index is 5.15. The number of rotatable bonds is 6. The van der Waals surface area contributed by atoms with Gasteiger partial charge >= 0.3 is 0 Å². The van der Waals surface area contributed by atoms with Crippen molar-refractivity contribution in [2.45, 2.75) is 39.8 Å². The fourth-order valence-corrected chi connectivity index (χ4v) is 1.77. The van der Waals surface area contributed by atoms with Crippen LogP contribution in [0.25, 0.3) is 0 Å². The van der Waals surface area contributed by atoms with Crippen molar-refractivity contribution >= 4 is 5.69 Å². The standard InChI is InChI=1S/C15H27N3O/c1-12-9-14(18(5)7-8-19-6)13(10-16-12)11-17-15(2,3)4/h9-10,17H,7-8,11H2,1-6H3. The third kappa shape index (κ3) is 5.57. The van der Waals surface area contributed by atoms with Crippen molar-refractivity contribution in [3.05, 3.63) is 23.5 Å². The van der Waals surface area contributed by atoms with E-state index in [1.54, 1.807) is 7.11 Å². The topological polar surface area (TPSA) is 37.4 Å². The smallest absolute Gasteiger partial charge is 0.0637 e. The minimum Gasteiger partial charge on any atom is -0.383 e. The minimum absolute atomic E-state index is 0.104. The molecule has 4 nitrogen and oxygen atoms in total. The van der Waals surface area contributed by atoms with Gasteiger partial charge in [-0.3, -0.25) is 4.98 Å². The van der Waals surface area contributed by atoms with Gasteiger partial charge in [0.15, 0.2) is 0 Å². The number of ether oxygens (including phenoxy) is 1. The zero-order valence-electron chi connectivity index (χ0n) is 13.1. The number of hydrogen-bond donors (Lipinski definition) is 1. The molecule has 1 N–H and O–H groups in total. The van der Waals surface area contributed by atoms with Crippen molar-refractivity contribution in [3.63, 3.8) is 0 Å². The lowest BCUT2D eigenvalue weighted by Crippen LogP contribution is -2.35. The average molecular weight is 265 g/mol. The van der Waals surface area contributed by atoms with Gasteiger partial charge in [-0.1, -0.05) is 0 Å². The Balaban J connectivity index is 2.85. The van der Waals surface area contributed by atoms with Crippen LogP contribution in [0.2, 0.25) is 0 Å². The van der Waals surface area contributed by atoms with E-state index in [1.807, 2.05) is 13.1 Å². The molecule has 0 amide bonds. The Bertz CT molecular complexity index is 399. The predicted molar refractivity (Wildman–Crippen MR) is 80.7 cm³/mol. The van der Waals surface area contributed by atoms with Gasteiger partial charge in [-0.15, -0.1) is 0 Å². The van der Waals surface area contributed by atoms with Crippen LogP contribution in [0.3, 0.4) is 0 Å². The Hall–Kier alpha value is -1.13.